The van der Waals surface area contributed by atoms with E-state index >= 15 is 0 Å². The molecule has 0 radical (unpaired) electrons. The van der Waals surface area contributed by atoms with Gasteiger partial charge in [-0.2, -0.15) is 0 Å². The molecule has 1 saturated heterocycles. The third-order valence-corrected chi connectivity index (χ3v) is 2.09. The standard InChI is InChI=1S/C10H16N2O3/c1-7(2)9(13)15-5-4-12-6-8(3)11-10(12)14/h8H,1,4-6H2,2-3H3,(H,11,14). The molecule has 1 rings (SSSR count). The molecule has 1 unspecified atom stereocenters. The van der Waals surface area contributed by atoms with Crippen LogP contribution in [-0.4, -0.2) is 42.6 Å². The summed E-state index contributed by atoms with van der Waals surface area (Å²) in [5.74, 6) is -0.414. The van der Waals surface area contributed by atoms with Gasteiger partial charge in [0.05, 0.1) is 6.54 Å². The molecule has 1 aliphatic rings. The summed E-state index contributed by atoms with van der Waals surface area (Å²) < 4.78 is 4.89. The van der Waals surface area contributed by atoms with Crippen molar-refractivity contribution in [2.75, 3.05) is 19.7 Å². The molecule has 0 bridgehead atoms. The first-order valence-corrected chi connectivity index (χ1v) is 4.88. The second-order valence-corrected chi connectivity index (χ2v) is 3.71. The number of amides is 2. The number of carbonyl (C=O) groups is 2. The highest BCUT2D eigenvalue weighted by atomic mass is 16.5. The van der Waals surface area contributed by atoms with Gasteiger partial charge in [0.15, 0.2) is 0 Å². The molecule has 15 heavy (non-hydrogen) atoms. The molecule has 0 saturated carbocycles. The van der Waals surface area contributed by atoms with Crippen LogP contribution in [0.15, 0.2) is 12.2 Å². The molecular formula is C10H16N2O3. The van der Waals surface area contributed by atoms with Gasteiger partial charge in [-0.1, -0.05) is 6.58 Å². The van der Waals surface area contributed by atoms with Crippen LogP contribution in [0.5, 0.6) is 0 Å². The van der Waals surface area contributed by atoms with Crippen molar-refractivity contribution in [3.05, 3.63) is 12.2 Å². The van der Waals surface area contributed by atoms with Crippen LogP contribution in [0.3, 0.4) is 0 Å². The smallest absolute Gasteiger partial charge is 0.333 e. The number of carbonyl (C=O) groups excluding carboxylic acids is 2. The number of nitrogens with one attached hydrogen (secondary N) is 1. The van der Waals surface area contributed by atoms with Crippen LogP contribution in [-0.2, 0) is 9.53 Å². The average molecular weight is 212 g/mol. The Kier molecular flexibility index (Phi) is 3.71. The van der Waals surface area contributed by atoms with E-state index < -0.39 is 5.97 Å². The Balaban J connectivity index is 2.24. The van der Waals surface area contributed by atoms with Gasteiger partial charge < -0.3 is 15.0 Å². The summed E-state index contributed by atoms with van der Waals surface area (Å²) in [7, 11) is 0. The summed E-state index contributed by atoms with van der Waals surface area (Å²) in [6.45, 7) is 8.28. The van der Waals surface area contributed by atoms with Crippen molar-refractivity contribution in [1.29, 1.82) is 0 Å². The van der Waals surface area contributed by atoms with E-state index in [0.717, 1.165) is 0 Å². The molecular weight excluding hydrogens is 196 g/mol. The summed E-state index contributed by atoms with van der Waals surface area (Å²) in [6.07, 6.45) is 0. The summed E-state index contributed by atoms with van der Waals surface area (Å²) in [5.41, 5.74) is 0.370. The topological polar surface area (TPSA) is 58.6 Å². The Morgan fingerprint density at radius 2 is 2.40 bits per heavy atom. The van der Waals surface area contributed by atoms with Crippen molar-refractivity contribution < 1.29 is 14.3 Å². The summed E-state index contributed by atoms with van der Waals surface area (Å²) >= 11 is 0. The van der Waals surface area contributed by atoms with Crippen molar-refractivity contribution in [3.63, 3.8) is 0 Å². The predicted molar refractivity (Wildman–Crippen MR) is 55.3 cm³/mol. The van der Waals surface area contributed by atoms with E-state index in [-0.39, 0.29) is 18.7 Å². The van der Waals surface area contributed by atoms with Gasteiger partial charge in [-0.3, -0.25) is 0 Å². The lowest BCUT2D eigenvalue weighted by Gasteiger charge is -2.13. The molecule has 0 aliphatic carbocycles. The number of ether oxygens (including phenoxy) is 1. The molecule has 0 aromatic heterocycles. The highest BCUT2D eigenvalue weighted by Crippen LogP contribution is 2.02. The molecule has 1 fully saturated rings. The van der Waals surface area contributed by atoms with Crippen molar-refractivity contribution in [3.8, 4) is 0 Å². The first-order chi connectivity index (χ1) is 7.00. The first-order valence-electron chi connectivity index (χ1n) is 4.88. The molecule has 5 heteroatoms. The number of rotatable bonds is 4. The third-order valence-electron chi connectivity index (χ3n) is 2.09. The van der Waals surface area contributed by atoms with E-state index in [1.807, 2.05) is 6.92 Å². The maximum atomic E-state index is 11.3. The zero-order valence-corrected chi connectivity index (χ0v) is 9.08. The van der Waals surface area contributed by atoms with Gasteiger partial charge in [-0.25, -0.2) is 9.59 Å². The Hall–Kier alpha value is -1.52. The van der Waals surface area contributed by atoms with Gasteiger partial charge in [-0.15, -0.1) is 0 Å². The van der Waals surface area contributed by atoms with Crippen LogP contribution in [0.1, 0.15) is 13.8 Å². The van der Waals surface area contributed by atoms with Gasteiger partial charge in [-0.05, 0) is 13.8 Å². The zero-order chi connectivity index (χ0) is 11.4. The van der Waals surface area contributed by atoms with Gasteiger partial charge in [0.1, 0.15) is 6.61 Å². The van der Waals surface area contributed by atoms with E-state index in [2.05, 4.69) is 11.9 Å². The minimum absolute atomic E-state index is 0.103. The monoisotopic (exact) mass is 212 g/mol. The van der Waals surface area contributed by atoms with Crippen LogP contribution in [0.2, 0.25) is 0 Å². The highest BCUT2D eigenvalue weighted by molar-refractivity contribution is 5.86. The predicted octanol–water partition coefficient (Wildman–Crippen LogP) is 0.519. The van der Waals surface area contributed by atoms with Crippen molar-refractivity contribution in [2.24, 2.45) is 0 Å². The van der Waals surface area contributed by atoms with Crippen LogP contribution in [0.4, 0.5) is 4.79 Å². The number of hydrogen-bond acceptors (Lipinski definition) is 3. The van der Waals surface area contributed by atoms with Gasteiger partial charge in [0.2, 0.25) is 0 Å². The molecule has 0 spiro atoms. The molecule has 84 valence electrons. The van der Waals surface area contributed by atoms with E-state index in [9.17, 15) is 9.59 Å². The fraction of sp³-hybridized carbons (Fsp3) is 0.600. The van der Waals surface area contributed by atoms with Crippen LogP contribution < -0.4 is 5.32 Å². The number of hydrogen-bond donors (Lipinski definition) is 1. The molecule has 0 aromatic carbocycles. The number of esters is 1. The average Bonchev–Trinajstić information content (AvgIpc) is 2.45. The van der Waals surface area contributed by atoms with Crippen LogP contribution in [0.25, 0.3) is 0 Å². The van der Waals surface area contributed by atoms with E-state index in [1.165, 1.54) is 0 Å². The second-order valence-electron chi connectivity index (χ2n) is 3.71. The number of nitrogens with zero attached hydrogens (tertiary/aromatic N) is 1. The largest absolute Gasteiger partial charge is 0.460 e. The third kappa shape index (κ3) is 3.27. The second kappa shape index (κ2) is 4.82. The molecule has 1 heterocycles. The normalized spacial score (nSPS) is 20.0. The SMILES string of the molecule is C=C(C)C(=O)OCCN1CC(C)NC1=O. The van der Waals surface area contributed by atoms with Crippen molar-refractivity contribution in [2.45, 2.75) is 19.9 Å². The zero-order valence-electron chi connectivity index (χ0n) is 9.08. The summed E-state index contributed by atoms with van der Waals surface area (Å²) in [5, 5.41) is 2.76. The minimum atomic E-state index is -0.414. The fourth-order valence-electron chi connectivity index (χ4n) is 1.33. The summed E-state index contributed by atoms with van der Waals surface area (Å²) in [4.78, 5) is 23.9. The van der Waals surface area contributed by atoms with E-state index in [1.54, 1.807) is 11.8 Å². The minimum Gasteiger partial charge on any atom is -0.460 e. The lowest BCUT2D eigenvalue weighted by molar-refractivity contribution is -0.139. The molecule has 0 aromatic rings. The van der Waals surface area contributed by atoms with Gasteiger partial charge in [0, 0.05) is 18.2 Å². The van der Waals surface area contributed by atoms with Crippen molar-refractivity contribution in [1.82, 2.24) is 10.2 Å². The summed E-state index contributed by atoms with van der Waals surface area (Å²) in [6, 6.07) is 0.0585. The lowest BCUT2D eigenvalue weighted by Crippen LogP contribution is -2.31. The molecule has 1 N–H and O–H groups in total. The van der Waals surface area contributed by atoms with Gasteiger partial charge >= 0.3 is 12.0 Å². The molecule has 5 nitrogen and oxygen atoms in total. The molecule has 1 atom stereocenters. The van der Waals surface area contributed by atoms with Crippen LogP contribution >= 0.6 is 0 Å². The first kappa shape index (κ1) is 11.6. The Labute approximate surface area is 89.1 Å². The Bertz CT molecular complexity index is 288. The van der Waals surface area contributed by atoms with E-state index in [0.29, 0.717) is 18.7 Å². The van der Waals surface area contributed by atoms with Crippen molar-refractivity contribution >= 4 is 12.0 Å². The maximum absolute atomic E-state index is 11.3. The fourth-order valence-corrected chi connectivity index (χ4v) is 1.33. The van der Waals surface area contributed by atoms with E-state index in [4.69, 9.17) is 4.74 Å². The molecule has 2 amide bonds. The Morgan fingerprint density at radius 3 is 2.87 bits per heavy atom. The number of urea groups is 1. The van der Waals surface area contributed by atoms with Crippen LogP contribution in [0, 0.1) is 0 Å². The molecule has 1 aliphatic heterocycles. The quantitative estimate of drug-likeness (QED) is 0.546. The lowest BCUT2D eigenvalue weighted by atomic mass is 10.3. The Morgan fingerprint density at radius 1 is 1.73 bits per heavy atom. The van der Waals surface area contributed by atoms with Gasteiger partial charge in [0.25, 0.3) is 0 Å². The highest BCUT2D eigenvalue weighted by Gasteiger charge is 2.24. The maximum Gasteiger partial charge on any atom is 0.333 e.